The van der Waals surface area contributed by atoms with Crippen LogP contribution in [0.25, 0.3) is 0 Å². The molecule has 21 heavy (non-hydrogen) atoms. The first-order chi connectivity index (χ1) is 10.2. The van der Waals surface area contributed by atoms with Gasteiger partial charge in [0.25, 0.3) is 0 Å². The Bertz CT molecular complexity index is 664. The third kappa shape index (κ3) is 2.88. The molecule has 0 N–H and O–H groups in total. The fourth-order valence-corrected chi connectivity index (χ4v) is 2.68. The van der Waals surface area contributed by atoms with E-state index >= 15 is 0 Å². The predicted octanol–water partition coefficient (Wildman–Crippen LogP) is 3.93. The van der Waals surface area contributed by atoms with Crippen molar-refractivity contribution < 1.29 is 14.3 Å². The van der Waals surface area contributed by atoms with Gasteiger partial charge in [-0.2, -0.15) is 0 Å². The largest absolute Gasteiger partial charge is 0.497 e. The summed E-state index contributed by atoms with van der Waals surface area (Å²) in [6.07, 6.45) is 1.02. The number of ketones is 1. The smallest absolute Gasteiger partial charge is 0.203 e. The summed E-state index contributed by atoms with van der Waals surface area (Å²) >= 11 is 5.97. The lowest BCUT2D eigenvalue weighted by atomic mass is 9.96. The van der Waals surface area contributed by atoms with Gasteiger partial charge in [0.1, 0.15) is 11.5 Å². The van der Waals surface area contributed by atoms with Crippen molar-refractivity contribution in [2.45, 2.75) is 18.9 Å². The van der Waals surface area contributed by atoms with Crippen LogP contribution in [0.15, 0.2) is 42.5 Å². The van der Waals surface area contributed by atoms with Gasteiger partial charge in [-0.15, -0.1) is 0 Å². The second-order valence-corrected chi connectivity index (χ2v) is 5.43. The monoisotopic (exact) mass is 302 g/mol. The predicted molar refractivity (Wildman–Crippen MR) is 81.5 cm³/mol. The zero-order chi connectivity index (χ0) is 14.8. The first-order valence-electron chi connectivity index (χ1n) is 6.81. The average molecular weight is 303 g/mol. The minimum Gasteiger partial charge on any atom is -0.497 e. The zero-order valence-corrected chi connectivity index (χ0v) is 12.4. The molecule has 2 aromatic carbocycles. The van der Waals surface area contributed by atoms with E-state index in [0.29, 0.717) is 17.0 Å². The highest BCUT2D eigenvalue weighted by Gasteiger charge is 2.27. The highest BCUT2D eigenvalue weighted by atomic mass is 35.5. The Morgan fingerprint density at radius 3 is 2.71 bits per heavy atom. The maximum absolute atomic E-state index is 12.5. The van der Waals surface area contributed by atoms with Gasteiger partial charge >= 0.3 is 0 Å². The van der Waals surface area contributed by atoms with Crippen LogP contribution in [0, 0.1) is 0 Å². The third-order valence-corrected chi connectivity index (χ3v) is 3.87. The quantitative estimate of drug-likeness (QED) is 0.806. The molecule has 0 saturated carbocycles. The minimum absolute atomic E-state index is 0.00162. The Morgan fingerprint density at radius 1 is 1.24 bits per heavy atom. The van der Waals surface area contributed by atoms with Crippen molar-refractivity contribution >= 4 is 17.4 Å². The van der Waals surface area contributed by atoms with Crippen LogP contribution in [0.2, 0.25) is 5.02 Å². The molecule has 3 rings (SSSR count). The summed E-state index contributed by atoms with van der Waals surface area (Å²) in [5.74, 6) is 1.48. The Balaban J connectivity index is 1.78. The Kier molecular flexibility index (Phi) is 3.84. The summed E-state index contributed by atoms with van der Waals surface area (Å²) in [6.45, 7) is 0. The fraction of sp³-hybridized carbons (Fsp3) is 0.235. The van der Waals surface area contributed by atoms with E-state index in [9.17, 15) is 4.79 Å². The summed E-state index contributed by atoms with van der Waals surface area (Å²) in [7, 11) is 1.60. The van der Waals surface area contributed by atoms with Gasteiger partial charge in [-0.25, -0.2) is 0 Å². The van der Waals surface area contributed by atoms with E-state index in [1.807, 2.05) is 12.1 Å². The van der Waals surface area contributed by atoms with E-state index in [0.717, 1.165) is 23.5 Å². The zero-order valence-electron chi connectivity index (χ0n) is 11.6. The molecule has 0 radical (unpaired) electrons. The molecule has 4 heteroatoms. The molecule has 0 aliphatic carbocycles. The number of fused-ring (bicyclic) bond motifs is 1. The fourth-order valence-electron chi connectivity index (χ4n) is 2.48. The molecule has 1 aliphatic heterocycles. The maximum Gasteiger partial charge on any atom is 0.203 e. The molecule has 0 fully saturated rings. The molecule has 0 amide bonds. The van der Waals surface area contributed by atoms with Gasteiger partial charge in [-0.3, -0.25) is 4.79 Å². The molecular weight excluding hydrogens is 288 g/mol. The third-order valence-electron chi connectivity index (χ3n) is 3.63. The van der Waals surface area contributed by atoms with Crippen LogP contribution in [0.1, 0.15) is 22.3 Å². The summed E-state index contributed by atoms with van der Waals surface area (Å²) in [5, 5.41) is 0.692. The summed E-state index contributed by atoms with van der Waals surface area (Å²) < 4.78 is 10.9. The van der Waals surface area contributed by atoms with Crippen molar-refractivity contribution in [2.75, 3.05) is 7.11 Å². The van der Waals surface area contributed by atoms with Crippen molar-refractivity contribution in [1.29, 1.82) is 0 Å². The molecule has 108 valence electrons. The number of carbonyl (C=O) groups is 1. The topological polar surface area (TPSA) is 35.5 Å². The van der Waals surface area contributed by atoms with Crippen LogP contribution in [0.5, 0.6) is 11.5 Å². The molecule has 1 heterocycles. The van der Waals surface area contributed by atoms with E-state index in [2.05, 4.69) is 0 Å². The van der Waals surface area contributed by atoms with Gasteiger partial charge in [0.05, 0.1) is 7.11 Å². The number of aryl methyl sites for hydroxylation is 1. The lowest BCUT2D eigenvalue weighted by Crippen LogP contribution is -2.31. The second-order valence-electron chi connectivity index (χ2n) is 4.99. The van der Waals surface area contributed by atoms with E-state index < -0.39 is 6.10 Å². The molecule has 0 spiro atoms. The van der Waals surface area contributed by atoms with Crippen LogP contribution in [-0.2, 0) is 6.42 Å². The molecule has 1 aliphatic rings. The molecule has 2 aromatic rings. The van der Waals surface area contributed by atoms with Crippen LogP contribution < -0.4 is 9.47 Å². The number of Topliss-reactive ketones (excluding diaryl/α,β-unsaturated/α-hetero) is 1. The van der Waals surface area contributed by atoms with Gasteiger partial charge in [0.2, 0.25) is 5.78 Å². The lowest BCUT2D eigenvalue weighted by Gasteiger charge is -2.25. The van der Waals surface area contributed by atoms with Crippen LogP contribution >= 0.6 is 11.6 Å². The second kappa shape index (κ2) is 5.78. The van der Waals surface area contributed by atoms with Gasteiger partial charge in [0, 0.05) is 10.6 Å². The molecule has 0 aromatic heterocycles. The highest BCUT2D eigenvalue weighted by molar-refractivity contribution is 6.30. The standard InChI is InChI=1S/C17H15ClO3/c1-20-14-6-2-11(3-7-14)17(19)16-8-4-12-10-13(18)5-9-15(12)21-16/h2-3,5-7,9-10,16H,4,8H2,1H3. The van der Waals surface area contributed by atoms with Crippen LogP contribution in [0.3, 0.4) is 0 Å². The maximum atomic E-state index is 12.5. The van der Waals surface area contributed by atoms with Gasteiger partial charge < -0.3 is 9.47 Å². The van der Waals surface area contributed by atoms with E-state index in [-0.39, 0.29) is 5.78 Å². The van der Waals surface area contributed by atoms with Crippen LogP contribution in [-0.4, -0.2) is 19.0 Å². The molecule has 1 atom stereocenters. The molecule has 0 bridgehead atoms. The highest BCUT2D eigenvalue weighted by Crippen LogP contribution is 2.31. The van der Waals surface area contributed by atoms with Crippen molar-refractivity contribution in [3.63, 3.8) is 0 Å². The number of hydrogen-bond acceptors (Lipinski definition) is 3. The Labute approximate surface area is 128 Å². The van der Waals surface area contributed by atoms with Gasteiger partial charge in [-0.05, 0) is 60.9 Å². The number of rotatable bonds is 3. The summed E-state index contributed by atoms with van der Waals surface area (Å²) in [5.41, 5.74) is 1.69. The summed E-state index contributed by atoms with van der Waals surface area (Å²) in [6, 6.07) is 12.6. The number of ether oxygens (including phenoxy) is 2. The average Bonchev–Trinajstić information content (AvgIpc) is 2.53. The number of halogens is 1. The SMILES string of the molecule is COc1ccc(C(=O)C2CCc3cc(Cl)ccc3O2)cc1. The van der Waals surface area contributed by atoms with E-state index in [1.54, 1.807) is 37.4 Å². The normalized spacial score (nSPS) is 16.8. The van der Waals surface area contributed by atoms with Crippen molar-refractivity contribution in [3.05, 3.63) is 58.6 Å². The minimum atomic E-state index is -0.438. The van der Waals surface area contributed by atoms with E-state index in [4.69, 9.17) is 21.1 Å². The Hall–Kier alpha value is -2.00. The number of carbonyl (C=O) groups excluding carboxylic acids is 1. The van der Waals surface area contributed by atoms with Crippen molar-refractivity contribution in [2.24, 2.45) is 0 Å². The molecule has 3 nitrogen and oxygen atoms in total. The summed E-state index contributed by atoms with van der Waals surface area (Å²) in [4.78, 5) is 12.5. The Morgan fingerprint density at radius 2 is 2.00 bits per heavy atom. The van der Waals surface area contributed by atoms with Gasteiger partial charge in [0.15, 0.2) is 6.10 Å². The lowest BCUT2D eigenvalue weighted by molar-refractivity contribution is 0.0756. The van der Waals surface area contributed by atoms with Crippen molar-refractivity contribution in [3.8, 4) is 11.5 Å². The number of hydrogen-bond donors (Lipinski definition) is 0. The van der Waals surface area contributed by atoms with Crippen LogP contribution in [0.4, 0.5) is 0 Å². The van der Waals surface area contributed by atoms with Crippen molar-refractivity contribution in [1.82, 2.24) is 0 Å². The molecule has 1 unspecified atom stereocenters. The molecular formula is C17H15ClO3. The number of methoxy groups -OCH3 is 1. The van der Waals surface area contributed by atoms with Gasteiger partial charge in [-0.1, -0.05) is 11.6 Å². The van der Waals surface area contributed by atoms with E-state index in [1.165, 1.54) is 0 Å². The first kappa shape index (κ1) is 14.0. The first-order valence-corrected chi connectivity index (χ1v) is 7.18. The number of benzene rings is 2. The molecule has 0 saturated heterocycles.